The van der Waals surface area contributed by atoms with E-state index in [2.05, 4.69) is 6.07 Å². The molecule has 0 amide bonds. The molecule has 0 N–H and O–H groups in total. The number of allylic oxidation sites excluding steroid dienone is 1. The molecule has 1 nitrogen and oxygen atoms in total. The Kier molecular flexibility index (Phi) is 4.04. The minimum atomic E-state index is 0.533. The van der Waals surface area contributed by atoms with Gasteiger partial charge in [0.1, 0.15) is 0 Å². The van der Waals surface area contributed by atoms with Gasteiger partial charge >= 0.3 is 0 Å². The van der Waals surface area contributed by atoms with Crippen molar-refractivity contribution in [2.24, 2.45) is 0 Å². The van der Waals surface area contributed by atoms with Gasteiger partial charge in [-0.05, 0) is 35.4 Å². The van der Waals surface area contributed by atoms with Crippen molar-refractivity contribution in [2.75, 3.05) is 0 Å². The van der Waals surface area contributed by atoms with E-state index in [4.69, 9.17) is 23.2 Å². The van der Waals surface area contributed by atoms with Crippen molar-refractivity contribution in [1.82, 2.24) is 0 Å². The Morgan fingerprint density at radius 3 is 2.50 bits per heavy atom. The van der Waals surface area contributed by atoms with Crippen LogP contribution in [0, 0.1) is 11.3 Å². The normalized spacial score (nSPS) is 11.1. The first-order chi connectivity index (χ1) is 8.70. The Morgan fingerprint density at radius 2 is 1.83 bits per heavy atom. The van der Waals surface area contributed by atoms with Crippen LogP contribution < -0.4 is 0 Å². The van der Waals surface area contributed by atoms with Crippen molar-refractivity contribution < 1.29 is 0 Å². The summed E-state index contributed by atoms with van der Waals surface area (Å²) in [5, 5.41) is 10.4. The van der Waals surface area contributed by atoms with Gasteiger partial charge in [-0.3, -0.25) is 0 Å². The summed E-state index contributed by atoms with van der Waals surface area (Å²) in [5.74, 6) is 0. The van der Waals surface area contributed by atoms with E-state index < -0.39 is 0 Å². The molecule has 0 aliphatic carbocycles. The van der Waals surface area contributed by atoms with Crippen molar-refractivity contribution in [3.05, 3.63) is 69.7 Å². The van der Waals surface area contributed by atoms with Gasteiger partial charge < -0.3 is 0 Å². The molecule has 0 spiro atoms. The van der Waals surface area contributed by atoms with Gasteiger partial charge in [0.2, 0.25) is 0 Å². The van der Waals surface area contributed by atoms with Gasteiger partial charge in [-0.25, -0.2) is 0 Å². The molecule has 0 bridgehead atoms. The summed E-state index contributed by atoms with van der Waals surface area (Å²) in [6.45, 7) is 0. The van der Waals surface area contributed by atoms with Crippen molar-refractivity contribution in [2.45, 2.75) is 0 Å². The third kappa shape index (κ3) is 2.92. The van der Waals surface area contributed by atoms with Crippen molar-refractivity contribution >= 4 is 34.9 Å². The molecule has 2 aromatic rings. The molecule has 0 atom stereocenters. The number of hydrogen-bond donors (Lipinski definition) is 0. The average molecular weight is 274 g/mol. The van der Waals surface area contributed by atoms with Crippen LogP contribution in [0.1, 0.15) is 11.1 Å². The second kappa shape index (κ2) is 5.73. The third-order valence-corrected chi connectivity index (χ3v) is 3.04. The zero-order valence-electron chi connectivity index (χ0n) is 9.40. The van der Waals surface area contributed by atoms with E-state index in [0.29, 0.717) is 15.6 Å². The molecule has 88 valence electrons. The maximum atomic E-state index is 9.22. The predicted octanol–water partition coefficient (Wildman–Crippen LogP) is 5.06. The van der Waals surface area contributed by atoms with Gasteiger partial charge in [-0.2, -0.15) is 5.26 Å². The fourth-order valence-corrected chi connectivity index (χ4v) is 1.96. The summed E-state index contributed by atoms with van der Waals surface area (Å²) in [5.41, 5.74) is 2.13. The molecule has 0 saturated carbocycles. The molecule has 18 heavy (non-hydrogen) atoms. The van der Waals surface area contributed by atoms with E-state index in [1.807, 2.05) is 30.3 Å². The molecule has 0 radical (unpaired) electrons. The summed E-state index contributed by atoms with van der Waals surface area (Å²) in [6.07, 6.45) is 1.76. The zero-order chi connectivity index (χ0) is 13.0. The van der Waals surface area contributed by atoms with Crippen molar-refractivity contribution in [1.29, 1.82) is 5.26 Å². The summed E-state index contributed by atoms with van der Waals surface area (Å²) < 4.78 is 0. The minimum absolute atomic E-state index is 0.533. The van der Waals surface area contributed by atoms with Gasteiger partial charge in [-0.1, -0.05) is 53.5 Å². The highest BCUT2D eigenvalue weighted by molar-refractivity contribution is 6.32. The molecule has 2 aromatic carbocycles. The highest BCUT2D eigenvalue weighted by Gasteiger charge is 2.03. The van der Waals surface area contributed by atoms with Gasteiger partial charge in [-0.15, -0.1) is 0 Å². The van der Waals surface area contributed by atoms with Gasteiger partial charge in [0, 0.05) is 10.0 Å². The minimum Gasteiger partial charge on any atom is -0.192 e. The number of nitriles is 1. The fourth-order valence-electron chi connectivity index (χ4n) is 1.58. The Morgan fingerprint density at radius 1 is 1.06 bits per heavy atom. The van der Waals surface area contributed by atoms with E-state index >= 15 is 0 Å². The van der Waals surface area contributed by atoms with E-state index in [1.165, 1.54) is 0 Å². The fraction of sp³-hybridized carbons (Fsp3) is 0. The first-order valence-corrected chi connectivity index (χ1v) is 6.08. The highest BCUT2D eigenvalue weighted by atomic mass is 35.5. The Labute approximate surface area is 116 Å². The topological polar surface area (TPSA) is 23.8 Å². The maximum Gasteiger partial charge on any atom is 0.0998 e. The van der Waals surface area contributed by atoms with Crippen LogP contribution in [0.5, 0.6) is 0 Å². The molecule has 0 aliphatic rings. The standard InChI is InChI=1S/C15H9Cl2N/c16-14-6-3-5-11(9-14)13(10-18)8-12-4-1-2-7-15(12)17/h1-9H. The lowest BCUT2D eigenvalue weighted by atomic mass is 10.0. The highest BCUT2D eigenvalue weighted by Crippen LogP contribution is 2.24. The van der Waals surface area contributed by atoms with Crippen LogP contribution in [-0.4, -0.2) is 0 Å². The second-order valence-electron chi connectivity index (χ2n) is 3.70. The van der Waals surface area contributed by atoms with E-state index in [1.54, 1.807) is 24.3 Å². The molecule has 2 rings (SSSR count). The van der Waals surface area contributed by atoms with Crippen LogP contribution in [0.2, 0.25) is 10.0 Å². The SMILES string of the molecule is N#CC(=Cc1ccccc1Cl)c1cccc(Cl)c1. The Balaban J connectivity index is 2.47. The van der Waals surface area contributed by atoms with Gasteiger partial charge in [0.15, 0.2) is 0 Å². The lowest BCUT2D eigenvalue weighted by Gasteiger charge is -2.02. The molecule has 0 aliphatic heterocycles. The van der Waals surface area contributed by atoms with Gasteiger partial charge in [0.05, 0.1) is 11.6 Å². The van der Waals surface area contributed by atoms with Crippen LogP contribution in [-0.2, 0) is 0 Å². The average Bonchev–Trinajstić information content (AvgIpc) is 2.38. The number of nitrogens with zero attached hydrogens (tertiary/aromatic N) is 1. The van der Waals surface area contributed by atoms with Crippen LogP contribution in [0.3, 0.4) is 0 Å². The van der Waals surface area contributed by atoms with E-state index in [0.717, 1.165) is 11.1 Å². The summed E-state index contributed by atoms with van der Waals surface area (Å²) in [7, 11) is 0. The lowest BCUT2D eigenvalue weighted by Crippen LogP contribution is -1.82. The molecule has 0 fully saturated rings. The molecule has 0 unspecified atom stereocenters. The summed E-state index contributed by atoms with van der Waals surface area (Å²) >= 11 is 12.0. The number of rotatable bonds is 2. The van der Waals surface area contributed by atoms with Crippen LogP contribution in [0.25, 0.3) is 11.6 Å². The monoisotopic (exact) mass is 273 g/mol. The molecular weight excluding hydrogens is 265 g/mol. The van der Waals surface area contributed by atoms with E-state index in [-0.39, 0.29) is 0 Å². The largest absolute Gasteiger partial charge is 0.192 e. The molecule has 0 aromatic heterocycles. The zero-order valence-corrected chi connectivity index (χ0v) is 10.9. The quantitative estimate of drug-likeness (QED) is 0.554. The third-order valence-electron chi connectivity index (χ3n) is 2.46. The van der Waals surface area contributed by atoms with Crippen LogP contribution in [0.15, 0.2) is 48.5 Å². The first kappa shape index (κ1) is 12.7. The number of hydrogen-bond acceptors (Lipinski definition) is 1. The molecule has 0 heterocycles. The molecule has 3 heteroatoms. The smallest absolute Gasteiger partial charge is 0.0998 e. The van der Waals surface area contributed by atoms with E-state index in [9.17, 15) is 5.26 Å². The van der Waals surface area contributed by atoms with Gasteiger partial charge in [0.25, 0.3) is 0 Å². The second-order valence-corrected chi connectivity index (χ2v) is 4.55. The Bertz CT molecular complexity index is 639. The molecule has 0 saturated heterocycles. The van der Waals surface area contributed by atoms with Crippen LogP contribution in [0.4, 0.5) is 0 Å². The predicted molar refractivity (Wildman–Crippen MR) is 76.4 cm³/mol. The summed E-state index contributed by atoms with van der Waals surface area (Å²) in [6, 6.07) is 16.7. The van der Waals surface area contributed by atoms with Crippen molar-refractivity contribution in [3.8, 4) is 6.07 Å². The number of benzene rings is 2. The maximum absolute atomic E-state index is 9.22. The Hall–Kier alpha value is -1.75. The first-order valence-electron chi connectivity index (χ1n) is 5.33. The molecular formula is C15H9Cl2N. The van der Waals surface area contributed by atoms with Crippen LogP contribution >= 0.6 is 23.2 Å². The van der Waals surface area contributed by atoms with Crippen molar-refractivity contribution in [3.63, 3.8) is 0 Å². The summed E-state index contributed by atoms with van der Waals surface area (Å²) in [4.78, 5) is 0. The lowest BCUT2D eigenvalue weighted by molar-refractivity contribution is 1.52. The number of halogens is 2.